The molecule has 1 aromatic carbocycles. The van der Waals surface area contributed by atoms with E-state index in [4.69, 9.17) is 0 Å². The van der Waals surface area contributed by atoms with E-state index < -0.39 is 0 Å². The van der Waals surface area contributed by atoms with Crippen LogP contribution in [-0.2, 0) is 0 Å². The van der Waals surface area contributed by atoms with Crippen molar-refractivity contribution in [2.75, 3.05) is 5.32 Å². The van der Waals surface area contributed by atoms with E-state index in [1.54, 1.807) is 6.20 Å². The van der Waals surface area contributed by atoms with E-state index in [2.05, 4.69) is 21.4 Å². The van der Waals surface area contributed by atoms with E-state index in [-0.39, 0.29) is 0 Å². The second-order valence-electron chi connectivity index (χ2n) is 4.09. The Morgan fingerprint density at radius 1 is 1.32 bits per heavy atom. The molecule has 5 heteroatoms. The molecule has 0 spiro atoms. The van der Waals surface area contributed by atoms with Crippen LogP contribution >= 0.6 is 11.3 Å². The highest BCUT2D eigenvalue weighted by Crippen LogP contribution is 2.29. The smallest absolute Gasteiger partial charge is 0.187 e. The van der Waals surface area contributed by atoms with Gasteiger partial charge >= 0.3 is 0 Å². The third kappa shape index (κ3) is 2.14. The van der Waals surface area contributed by atoms with Gasteiger partial charge in [0.15, 0.2) is 5.13 Å². The summed E-state index contributed by atoms with van der Waals surface area (Å²) in [4.78, 5) is 8.65. The van der Waals surface area contributed by atoms with Crippen molar-refractivity contribution < 1.29 is 0 Å². The van der Waals surface area contributed by atoms with Gasteiger partial charge in [-0.15, -0.1) is 11.3 Å². The van der Waals surface area contributed by atoms with Crippen molar-refractivity contribution >= 4 is 33.1 Å². The zero-order valence-electron chi connectivity index (χ0n) is 10.2. The summed E-state index contributed by atoms with van der Waals surface area (Å²) in [6, 6.07) is 9.91. The number of benzene rings is 1. The van der Waals surface area contributed by atoms with Crippen LogP contribution in [0.2, 0.25) is 0 Å². The quantitative estimate of drug-likeness (QED) is 0.769. The van der Waals surface area contributed by atoms with Crippen LogP contribution in [0.1, 0.15) is 11.3 Å². The van der Waals surface area contributed by atoms with Gasteiger partial charge < -0.3 is 5.32 Å². The lowest BCUT2D eigenvalue weighted by atomic mass is 10.1. The SMILES string of the molecule is Cc1csc(Nc2c(C#N)cnc3ccccc23)n1. The maximum absolute atomic E-state index is 9.21. The molecule has 0 saturated heterocycles. The molecule has 0 atom stereocenters. The first-order chi connectivity index (χ1) is 9.28. The number of nitrogens with one attached hydrogen (secondary N) is 1. The molecule has 2 aromatic heterocycles. The van der Waals surface area contributed by atoms with Crippen molar-refractivity contribution in [1.29, 1.82) is 5.26 Å². The van der Waals surface area contributed by atoms with E-state index in [1.165, 1.54) is 11.3 Å². The fourth-order valence-electron chi connectivity index (χ4n) is 1.88. The number of rotatable bonds is 2. The number of anilines is 2. The topological polar surface area (TPSA) is 61.6 Å². The number of aryl methyl sites for hydroxylation is 1. The Morgan fingerprint density at radius 2 is 2.16 bits per heavy atom. The molecule has 0 bridgehead atoms. The molecule has 4 nitrogen and oxygen atoms in total. The van der Waals surface area contributed by atoms with Crippen molar-refractivity contribution in [2.45, 2.75) is 6.92 Å². The van der Waals surface area contributed by atoms with Crippen LogP contribution in [0, 0.1) is 18.3 Å². The standard InChI is InChI=1S/C14H10N4S/c1-9-8-19-14(17-9)18-13-10(6-15)7-16-12-5-3-2-4-11(12)13/h2-5,7-8H,1H3,(H,16,17,18). The molecule has 0 aliphatic carbocycles. The molecule has 19 heavy (non-hydrogen) atoms. The van der Waals surface area contributed by atoms with Crippen molar-refractivity contribution in [3.8, 4) is 6.07 Å². The summed E-state index contributed by atoms with van der Waals surface area (Å²) in [6.07, 6.45) is 1.59. The average molecular weight is 266 g/mol. The average Bonchev–Trinajstić information content (AvgIpc) is 2.85. The second-order valence-corrected chi connectivity index (χ2v) is 4.95. The van der Waals surface area contributed by atoms with E-state index >= 15 is 0 Å². The molecule has 0 unspecified atom stereocenters. The predicted octanol–water partition coefficient (Wildman–Crippen LogP) is 3.62. The van der Waals surface area contributed by atoms with Gasteiger partial charge in [0.2, 0.25) is 0 Å². The number of hydrogen-bond donors (Lipinski definition) is 1. The number of para-hydroxylation sites is 1. The van der Waals surface area contributed by atoms with Crippen LogP contribution < -0.4 is 5.32 Å². The third-order valence-electron chi connectivity index (χ3n) is 2.75. The fourth-order valence-corrected chi connectivity index (χ4v) is 2.57. The minimum Gasteiger partial charge on any atom is -0.330 e. The van der Waals surface area contributed by atoms with Crippen molar-refractivity contribution in [2.24, 2.45) is 0 Å². The van der Waals surface area contributed by atoms with Crippen LogP contribution in [-0.4, -0.2) is 9.97 Å². The first-order valence-corrected chi connectivity index (χ1v) is 6.63. The lowest BCUT2D eigenvalue weighted by Crippen LogP contribution is -1.96. The molecule has 92 valence electrons. The first-order valence-electron chi connectivity index (χ1n) is 5.75. The number of thiazole rings is 1. The van der Waals surface area contributed by atoms with E-state index in [1.807, 2.05) is 36.6 Å². The predicted molar refractivity (Wildman–Crippen MR) is 76.6 cm³/mol. The van der Waals surface area contributed by atoms with Crippen LogP contribution in [0.3, 0.4) is 0 Å². The largest absolute Gasteiger partial charge is 0.330 e. The zero-order chi connectivity index (χ0) is 13.2. The molecule has 1 N–H and O–H groups in total. The van der Waals surface area contributed by atoms with Crippen LogP contribution in [0.15, 0.2) is 35.8 Å². The summed E-state index contributed by atoms with van der Waals surface area (Å²) >= 11 is 1.52. The minimum absolute atomic E-state index is 0.520. The molecule has 2 heterocycles. The zero-order valence-corrected chi connectivity index (χ0v) is 11.0. The Bertz CT molecular complexity index is 785. The second kappa shape index (κ2) is 4.67. The fraction of sp³-hybridized carbons (Fsp3) is 0.0714. The lowest BCUT2D eigenvalue weighted by Gasteiger charge is -2.08. The molecule has 0 fully saturated rings. The number of aromatic nitrogens is 2. The molecular formula is C14H10N4S. The summed E-state index contributed by atoms with van der Waals surface area (Å²) in [5.41, 5.74) is 3.11. The number of pyridine rings is 1. The Kier molecular flexibility index (Phi) is 2.86. The summed E-state index contributed by atoms with van der Waals surface area (Å²) in [5, 5.41) is 16.1. The molecule has 0 radical (unpaired) electrons. The molecule has 0 aliphatic heterocycles. The van der Waals surface area contributed by atoms with Gasteiger partial charge in [-0.2, -0.15) is 5.26 Å². The van der Waals surface area contributed by atoms with Gasteiger partial charge in [-0.05, 0) is 13.0 Å². The minimum atomic E-state index is 0.520. The summed E-state index contributed by atoms with van der Waals surface area (Å²) in [7, 11) is 0. The Balaban J connectivity index is 2.17. The van der Waals surface area contributed by atoms with Crippen molar-refractivity contribution in [3.63, 3.8) is 0 Å². The maximum atomic E-state index is 9.21. The molecule has 0 amide bonds. The summed E-state index contributed by atoms with van der Waals surface area (Å²) in [5.74, 6) is 0. The van der Waals surface area contributed by atoms with Crippen molar-refractivity contribution in [3.05, 3.63) is 47.1 Å². The Labute approximate surface area is 114 Å². The Hall–Kier alpha value is -2.45. The normalized spacial score (nSPS) is 10.3. The molecule has 0 saturated carbocycles. The van der Waals surface area contributed by atoms with Gasteiger partial charge in [-0.3, -0.25) is 4.98 Å². The molecule has 3 rings (SSSR count). The Morgan fingerprint density at radius 3 is 2.89 bits per heavy atom. The van der Waals surface area contributed by atoms with Gasteiger partial charge in [0, 0.05) is 17.0 Å². The molecule has 0 aliphatic rings. The van der Waals surface area contributed by atoms with Crippen molar-refractivity contribution in [1.82, 2.24) is 9.97 Å². The summed E-state index contributed by atoms with van der Waals surface area (Å²) in [6.45, 7) is 1.94. The summed E-state index contributed by atoms with van der Waals surface area (Å²) < 4.78 is 0. The highest BCUT2D eigenvalue weighted by atomic mass is 32.1. The van der Waals surface area contributed by atoms with Gasteiger partial charge in [-0.1, -0.05) is 18.2 Å². The highest BCUT2D eigenvalue weighted by Gasteiger charge is 2.10. The van der Waals surface area contributed by atoms with Gasteiger partial charge in [0.1, 0.15) is 6.07 Å². The lowest BCUT2D eigenvalue weighted by molar-refractivity contribution is 1.26. The van der Waals surface area contributed by atoms with E-state index in [9.17, 15) is 5.26 Å². The van der Waals surface area contributed by atoms with Crippen LogP contribution in [0.5, 0.6) is 0 Å². The van der Waals surface area contributed by atoms with Crippen LogP contribution in [0.4, 0.5) is 10.8 Å². The van der Waals surface area contributed by atoms with Gasteiger partial charge in [0.05, 0.1) is 22.5 Å². The first kappa shape index (κ1) is 11.6. The van der Waals surface area contributed by atoms with Crippen LogP contribution in [0.25, 0.3) is 10.9 Å². The van der Waals surface area contributed by atoms with Gasteiger partial charge in [0.25, 0.3) is 0 Å². The number of hydrogen-bond acceptors (Lipinski definition) is 5. The van der Waals surface area contributed by atoms with E-state index in [0.29, 0.717) is 5.56 Å². The monoisotopic (exact) mass is 266 g/mol. The van der Waals surface area contributed by atoms with E-state index in [0.717, 1.165) is 27.4 Å². The maximum Gasteiger partial charge on any atom is 0.187 e. The number of fused-ring (bicyclic) bond motifs is 1. The highest BCUT2D eigenvalue weighted by molar-refractivity contribution is 7.13. The van der Waals surface area contributed by atoms with Gasteiger partial charge in [-0.25, -0.2) is 4.98 Å². The molecule has 3 aromatic rings. The number of nitriles is 1. The molecular weight excluding hydrogens is 256 g/mol. The third-order valence-corrected chi connectivity index (χ3v) is 3.62. The number of nitrogens with zero attached hydrogens (tertiary/aromatic N) is 3.